The van der Waals surface area contributed by atoms with Crippen molar-refractivity contribution in [2.75, 3.05) is 6.26 Å². The second-order valence-electron chi connectivity index (χ2n) is 5.84. The molecule has 0 aromatic carbocycles. The second-order valence-corrected chi connectivity index (χ2v) is 6.88. The number of carbonyl (C=O) groups excluding carboxylic acids is 1. The Morgan fingerprint density at radius 2 is 2.15 bits per heavy atom. The molecule has 2 aliphatic heterocycles. The number of aliphatic carboxylic acids is 1. The quantitative estimate of drug-likeness (QED) is 0.762. The third kappa shape index (κ3) is 1.67. The molecule has 110 valence electrons. The third-order valence-electron chi connectivity index (χ3n) is 4.85. The Bertz CT molecular complexity index is 501. The zero-order valence-corrected chi connectivity index (χ0v) is 12.4. The van der Waals surface area contributed by atoms with Crippen LogP contribution in [0.1, 0.15) is 26.2 Å². The molecule has 1 unspecified atom stereocenters. The highest BCUT2D eigenvalue weighted by atomic mass is 32.2. The van der Waals surface area contributed by atoms with Gasteiger partial charge in [0.25, 0.3) is 0 Å². The molecule has 2 heterocycles. The minimum atomic E-state index is -1.01. The Hall–Kier alpha value is -1.01. The minimum Gasteiger partial charge on any atom is -0.477 e. The lowest BCUT2D eigenvalue weighted by Crippen LogP contribution is -2.64. The first-order chi connectivity index (χ1) is 9.49. The molecule has 0 aromatic rings. The predicted molar refractivity (Wildman–Crippen MR) is 75.1 cm³/mol. The van der Waals surface area contributed by atoms with Crippen molar-refractivity contribution < 1.29 is 19.8 Å². The maximum atomic E-state index is 12.2. The number of fused-ring (bicyclic) bond motifs is 3. The Morgan fingerprint density at radius 3 is 2.70 bits per heavy atom. The Morgan fingerprint density at radius 1 is 1.45 bits per heavy atom. The van der Waals surface area contributed by atoms with Crippen molar-refractivity contribution in [2.45, 2.75) is 43.6 Å². The summed E-state index contributed by atoms with van der Waals surface area (Å²) in [5.74, 6) is -1.56. The fraction of sp³-hybridized carbons (Fsp3) is 0.714. The zero-order valence-electron chi connectivity index (χ0n) is 11.6. The van der Waals surface area contributed by atoms with Crippen LogP contribution in [0.25, 0.3) is 0 Å². The van der Waals surface area contributed by atoms with E-state index < -0.39 is 18.0 Å². The number of β-lactam (4-membered cyclic amide) rings is 1. The number of hydrogen-bond donors (Lipinski definition) is 2. The second kappa shape index (κ2) is 4.77. The van der Waals surface area contributed by atoms with Gasteiger partial charge in [-0.15, -0.1) is 0 Å². The van der Waals surface area contributed by atoms with Gasteiger partial charge in [-0.1, -0.05) is 6.42 Å². The van der Waals surface area contributed by atoms with E-state index in [1.54, 1.807) is 18.7 Å². The number of hydrogen-bond acceptors (Lipinski definition) is 4. The van der Waals surface area contributed by atoms with E-state index in [2.05, 4.69) is 0 Å². The van der Waals surface area contributed by atoms with Crippen LogP contribution in [0, 0.1) is 11.8 Å². The SMILES string of the molecule is CS[C@H]1CCC[C@@H]2C1=C(C(=O)O)N1C(=O)[C@H](C(C)O)[C@@H]21. The van der Waals surface area contributed by atoms with Gasteiger partial charge in [0.15, 0.2) is 0 Å². The number of rotatable bonds is 3. The maximum Gasteiger partial charge on any atom is 0.352 e. The zero-order chi connectivity index (χ0) is 14.6. The van der Waals surface area contributed by atoms with E-state index in [0.29, 0.717) is 0 Å². The first kappa shape index (κ1) is 13.9. The lowest BCUT2D eigenvalue weighted by molar-refractivity contribution is -0.163. The van der Waals surface area contributed by atoms with Crippen LogP contribution in [0.3, 0.4) is 0 Å². The molecule has 3 rings (SSSR count). The van der Waals surface area contributed by atoms with Crippen LogP contribution in [-0.4, -0.2) is 50.6 Å². The number of carboxylic acid groups (broad SMARTS) is 1. The Kier molecular flexibility index (Phi) is 3.33. The van der Waals surface area contributed by atoms with Crippen molar-refractivity contribution in [3.05, 3.63) is 11.3 Å². The van der Waals surface area contributed by atoms with Gasteiger partial charge in [-0.2, -0.15) is 11.8 Å². The topological polar surface area (TPSA) is 77.8 Å². The molecule has 1 amide bonds. The highest BCUT2D eigenvalue weighted by molar-refractivity contribution is 7.99. The highest BCUT2D eigenvalue weighted by Gasteiger charge is 2.62. The summed E-state index contributed by atoms with van der Waals surface area (Å²) in [7, 11) is 0. The van der Waals surface area contributed by atoms with Gasteiger partial charge in [-0.3, -0.25) is 4.79 Å². The van der Waals surface area contributed by atoms with Crippen molar-refractivity contribution >= 4 is 23.6 Å². The van der Waals surface area contributed by atoms with Crippen LogP contribution < -0.4 is 0 Å². The lowest BCUT2D eigenvalue weighted by atomic mass is 9.72. The van der Waals surface area contributed by atoms with Gasteiger partial charge in [0.1, 0.15) is 5.70 Å². The van der Waals surface area contributed by atoms with Crippen molar-refractivity contribution in [3.8, 4) is 0 Å². The van der Waals surface area contributed by atoms with Crippen molar-refractivity contribution in [3.63, 3.8) is 0 Å². The molecule has 0 bridgehead atoms. The van der Waals surface area contributed by atoms with E-state index in [0.717, 1.165) is 24.8 Å². The van der Waals surface area contributed by atoms with Crippen molar-refractivity contribution in [2.24, 2.45) is 11.8 Å². The van der Waals surface area contributed by atoms with Gasteiger partial charge in [-0.25, -0.2) is 4.79 Å². The summed E-state index contributed by atoms with van der Waals surface area (Å²) in [6.45, 7) is 1.62. The molecule has 20 heavy (non-hydrogen) atoms. The van der Waals surface area contributed by atoms with Gasteiger partial charge in [0.05, 0.1) is 18.1 Å². The van der Waals surface area contributed by atoms with Crippen LogP contribution in [0.5, 0.6) is 0 Å². The van der Waals surface area contributed by atoms with Gasteiger partial charge in [0, 0.05) is 11.2 Å². The Balaban J connectivity index is 2.04. The molecule has 6 heteroatoms. The molecule has 0 radical (unpaired) electrons. The number of amides is 1. The summed E-state index contributed by atoms with van der Waals surface area (Å²) < 4.78 is 0. The van der Waals surface area contributed by atoms with E-state index in [1.165, 1.54) is 4.90 Å². The molecule has 0 spiro atoms. The molecule has 1 aliphatic carbocycles. The fourth-order valence-electron chi connectivity index (χ4n) is 4.08. The molecule has 0 aromatic heterocycles. The largest absolute Gasteiger partial charge is 0.477 e. The molecule has 5 nitrogen and oxygen atoms in total. The van der Waals surface area contributed by atoms with Crippen molar-refractivity contribution in [1.82, 2.24) is 4.90 Å². The summed E-state index contributed by atoms with van der Waals surface area (Å²) in [5, 5.41) is 19.5. The van der Waals surface area contributed by atoms with Crippen LogP contribution >= 0.6 is 11.8 Å². The van der Waals surface area contributed by atoms with Crippen LogP contribution in [-0.2, 0) is 9.59 Å². The summed E-state index contributed by atoms with van der Waals surface area (Å²) in [6, 6.07) is -0.140. The Labute approximate surface area is 122 Å². The maximum absolute atomic E-state index is 12.2. The van der Waals surface area contributed by atoms with Gasteiger partial charge >= 0.3 is 5.97 Å². The average molecular weight is 297 g/mol. The molecular weight excluding hydrogens is 278 g/mol. The van der Waals surface area contributed by atoms with Crippen molar-refractivity contribution in [1.29, 1.82) is 0 Å². The molecule has 2 N–H and O–H groups in total. The molecule has 3 aliphatic rings. The number of aliphatic hydroxyl groups excluding tert-OH is 1. The predicted octanol–water partition coefficient (Wildman–Crippen LogP) is 1.08. The number of carboxylic acids is 1. The first-order valence-electron chi connectivity index (χ1n) is 7.00. The van der Waals surface area contributed by atoms with E-state index >= 15 is 0 Å². The minimum absolute atomic E-state index is 0.115. The lowest BCUT2D eigenvalue weighted by Gasteiger charge is -2.47. The average Bonchev–Trinajstić information content (AvgIpc) is 2.69. The van der Waals surface area contributed by atoms with E-state index in [9.17, 15) is 19.8 Å². The van der Waals surface area contributed by atoms with E-state index in [4.69, 9.17) is 0 Å². The summed E-state index contributed by atoms with van der Waals surface area (Å²) in [6.07, 6.45) is 4.21. The van der Waals surface area contributed by atoms with Gasteiger partial charge < -0.3 is 15.1 Å². The van der Waals surface area contributed by atoms with Gasteiger partial charge in [0.2, 0.25) is 5.91 Å². The number of nitrogens with zero attached hydrogens (tertiary/aromatic N) is 1. The van der Waals surface area contributed by atoms with E-state index in [1.807, 2.05) is 6.26 Å². The normalized spacial score (nSPS) is 37.4. The fourth-order valence-corrected chi connectivity index (χ4v) is 5.02. The van der Waals surface area contributed by atoms with Gasteiger partial charge in [-0.05, 0) is 31.6 Å². The number of carbonyl (C=O) groups is 2. The summed E-state index contributed by atoms with van der Waals surface area (Å²) in [5.41, 5.74) is 1.12. The molecular formula is C14H19NO4S. The standard InChI is InChI=1S/C14H19NO4S/c1-6(16)9-11-7-4-3-5-8(20-2)10(7)12(14(18)19)15(11)13(9)17/h6-9,11,16H,3-5H2,1-2H3,(H,18,19)/t6?,7-,8+,9-,11-/m1/s1. The van der Waals surface area contributed by atoms with Crippen LogP contribution in [0.2, 0.25) is 0 Å². The van der Waals surface area contributed by atoms with E-state index in [-0.39, 0.29) is 28.8 Å². The molecule has 5 atom stereocenters. The molecule has 2 fully saturated rings. The first-order valence-corrected chi connectivity index (χ1v) is 8.29. The number of thioether (sulfide) groups is 1. The summed E-state index contributed by atoms with van der Waals surface area (Å²) in [4.78, 5) is 25.2. The van der Waals surface area contributed by atoms with Crippen LogP contribution in [0.15, 0.2) is 11.3 Å². The molecule has 1 saturated heterocycles. The number of aliphatic hydroxyl groups is 1. The smallest absolute Gasteiger partial charge is 0.352 e. The third-order valence-corrected chi connectivity index (χ3v) is 5.91. The highest BCUT2D eigenvalue weighted by Crippen LogP contribution is 2.53. The van der Waals surface area contributed by atoms with Crippen LogP contribution in [0.4, 0.5) is 0 Å². The molecule has 1 saturated carbocycles. The summed E-state index contributed by atoms with van der Waals surface area (Å²) >= 11 is 1.66. The monoisotopic (exact) mass is 297 g/mol.